The first kappa shape index (κ1) is 24.0. The molecule has 0 aliphatic heterocycles. The molecule has 7 nitrogen and oxygen atoms in total. The predicted octanol–water partition coefficient (Wildman–Crippen LogP) is 5.11. The number of anilines is 1. The highest BCUT2D eigenvalue weighted by Crippen LogP contribution is 2.41. The van der Waals surface area contributed by atoms with Gasteiger partial charge in [0.2, 0.25) is 5.91 Å². The van der Waals surface area contributed by atoms with Crippen molar-refractivity contribution in [1.29, 1.82) is 0 Å². The first-order valence-corrected chi connectivity index (χ1v) is 11.7. The van der Waals surface area contributed by atoms with Crippen LogP contribution in [0.1, 0.15) is 30.1 Å². The van der Waals surface area contributed by atoms with E-state index in [0.717, 1.165) is 29.0 Å². The van der Waals surface area contributed by atoms with E-state index < -0.39 is 6.10 Å². The Bertz CT molecular complexity index is 1310. The van der Waals surface area contributed by atoms with Crippen molar-refractivity contribution in [3.63, 3.8) is 0 Å². The number of rotatable bonds is 8. The Morgan fingerprint density at radius 2 is 2.00 bits per heavy atom. The Labute approximate surface area is 207 Å². The molecule has 0 spiro atoms. The van der Waals surface area contributed by atoms with Gasteiger partial charge in [0.15, 0.2) is 0 Å². The van der Waals surface area contributed by atoms with Crippen molar-refractivity contribution < 1.29 is 9.53 Å². The van der Waals surface area contributed by atoms with Gasteiger partial charge in [-0.1, -0.05) is 42.3 Å². The number of imidazole rings is 1. The molecule has 2 aromatic heterocycles. The maximum atomic E-state index is 12.2. The fourth-order valence-corrected chi connectivity index (χ4v) is 4.51. The van der Waals surface area contributed by atoms with Gasteiger partial charge in [-0.3, -0.25) is 9.78 Å². The third-order valence-electron chi connectivity index (χ3n) is 5.59. The molecular weight excluding hydrogens is 473 g/mol. The number of fused-ring (bicyclic) bond motifs is 1. The third-order valence-corrected chi connectivity index (χ3v) is 6.31. The molecule has 176 valence electrons. The van der Waals surface area contributed by atoms with Crippen molar-refractivity contribution in [2.45, 2.75) is 25.9 Å². The van der Waals surface area contributed by atoms with Gasteiger partial charge in [0, 0.05) is 42.4 Å². The molecule has 3 N–H and O–H groups in total. The Balaban J connectivity index is 1.82. The van der Waals surface area contributed by atoms with E-state index in [0.29, 0.717) is 33.5 Å². The number of carbonyl (C=O) groups is 1. The molecule has 4 rings (SSSR count). The first-order valence-electron chi connectivity index (χ1n) is 10.9. The van der Waals surface area contributed by atoms with Crippen LogP contribution in [0.2, 0.25) is 10.0 Å². The molecule has 0 saturated carbocycles. The van der Waals surface area contributed by atoms with Gasteiger partial charge in [0.25, 0.3) is 0 Å². The van der Waals surface area contributed by atoms with Gasteiger partial charge in [0.1, 0.15) is 23.2 Å². The van der Waals surface area contributed by atoms with Crippen LogP contribution in [0.4, 0.5) is 5.69 Å². The van der Waals surface area contributed by atoms with E-state index in [1.165, 1.54) is 4.90 Å². The Morgan fingerprint density at radius 3 is 2.71 bits per heavy atom. The van der Waals surface area contributed by atoms with Crippen LogP contribution in [0.25, 0.3) is 11.0 Å². The molecule has 1 atom stereocenters. The first-order chi connectivity index (χ1) is 16.4. The second-order valence-corrected chi connectivity index (χ2v) is 8.56. The molecule has 1 amide bonds. The van der Waals surface area contributed by atoms with Crippen molar-refractivity contribution in [3.8, 4) is 5.75 Å². The number of aromatic nitrogens is 3. The number of benzene rings is 2. The molecule has 0 fully saturated rings. The summed E-state index contributed by atoms with van der Waals surface area (Å²) < 4.78 is 6.54. The van der Waals surface area contributed by atoms with Crippen LogP contribution in [0.5, 0.6) is 5.75 Å². The van der Waals surface area contributed by atoms with E-state index in [4.69, 9.17) is 33.7 Å². The number of hydrogen-bond donors (Lipinski definition) is 2. The minimum atomic E-state index is -0.594. The number of likely N-dealkylation sites (N-methyl/N-ethyl adjacent to an activating group) is 1. The number of carbonyl (C=O) groups excluding carboxylic acids is 1. The lowest BCUT2D eigenvalue weighted by Crippen LogP contribution is -2.32. The number of aromatic amines is 1. The summed E-state index contributed by atoms with van der Waals surface area (Å²) in [4.78, 5) is 26.1. The van der Waals surface area contributed by atoms with E-state index in [1.54, 1.807) is 25.4 Å². The van der Waals surface area contributed by atoms with E-state index in [1.807, 2.05) is 43.3 Å². The highest BCUT2D eigenvalue weighted by Gasteiger charge is 2.26. The summed E-state index contributed by atoms with van der Waals surface area (Å²) in [7, 11) is 1.62. The standard InChI is InChI=1S/C25H25Cl2N5O2/c1-3-21-30-17-8-6-9-19(25(17)31-21)34-20(13-15-7-4-5-12-29-15)23-16(26)10-11-18(24(23)27)32(2)22(33)14-28/h4-12,20H,3,13-14,28H2,1-2H3,(H,30,31). The molecule has 0 aliphatic rings. The normalized spacial score (nSPS) is 12.0. The average Bonchev–Trinajstić information content (AvgIpc) is 3.28. The van der Waals surface area contributed by atoms with Gasteiger partial charge in [-0.05, 0) is 36.4 Å². The Morgan fingerprint density at radius 1 is 1.18 bits per heavy atom. The smallest absolute Gasteiger partial charge is 0.240 e. The van der Waals surface area contributed by atoms with Gasteiger partial charge in [-0.25, -0.2) is 4.98 Å². The zero-order valence-corrected chi connectivity index (χ0v) is 20.4. The van der Waals surface area contributed by atoms with Crippen molar-refractivity contribution >= 4 is 45.8 Å². The van der Waals surface area contributed by atoms with Crippen LogP contribution >= 0.6 is 23.2 Å². The number of nitrogens with one attached hydrogen (secondary N) is 1. The number of para-hydroxylation sites is 1. The monoisotopic (exact) mass is 497 g/mol. The number of pyridine rings is 1. The lowest BCUT2D eigenvalue weighted by atomic mass is 10.0. The van der Waals surface area contributed by atoms with Crippen LogP contribution < -0.4 is 15.4 Å². The summed E-state index contributed by atoms with van der Waals surface area (Å²) in [5.74, 6) is 1.19. The molecule has 2 aromatic carbocycles. The van der Waals surface area contributed by atoms with Crippen LogP contribution in [-0.2, 0) is 17.6 Å². The summed E-state index contributed by atoms with van der Waals surface area (Å²) in [5, 5.41) is 0.743. The lowest BCUT2D eigenvalue weighted by Gasteiger charge is -2.25. The summed E-state index contributed by atoms with van der Waals surface area (Å²) >= 11 is 13.5. The van der Waals surface area contributed by atoms with Crippen molar-refractivity contribution in [3.05, 3.63) is 81.9 Å². The van der Waals surface area contributed by atoms with Crippen molar-refractivity contribution in [1.82, 2.24) is 15.0 Å². The molecule has 0 bridgehead atoms. The molecule has 0 aliphatic carbocycles. The highest BCUT2D eigenvalue weighted by atomic mass is 35.5. The zero-order valence-electron chi connectivity index (χ0n) is 18.9. The SMILES string of the molecule is CCc1nc2c(OC(Cc3ccccn3)c3c(Cl)ccc(N(C)C(=O)CN)c3Cl)cccc2[nH]1. The maximum absolute atomic E-state index is 12.2. The van der Waals surface area contributed by atoms with Crippen LogP contribution in [0.3, 0.4) is 0 Å². The molecule has 4 aromatic rings. The van der Waals surface area contributed by atoms with Gasteiger partial charge in [-0.2, -0.15) is 0 Å². The van der Waals surface area contributed by atoms with Crippen LogP contribution in [0, 0.1) is 0 Å². The number of nitrogens with zero attached hydrogens (tertiary/aromatic N) is 3. The quantitative estimate of drug-likeness (QED) is 0.352. The Kier molecular flexibility index (Phi) is 7.36. The molecular formula is C25H25Cl2N5O2. The number of amides is 1. The maximum Gasteiger partial charge on any atom is 0.240 e. The molecule has 9 heteroatoms. The summed E-state index contributed by atoms with van der Waals surface area (Å²) in [5.41, 5.74) is 9.03. The van der Waals surface area contributed by atoms with Gasteiger partial charge in [-0.15, -0.1) is 0 Å². The fourth-order valence-electron chi connectivity index (χ4n) is 3.77. The minimum absolute atomic E-state index is 0.139. The van der Waals surface area contributed by atoms with Crippen molar-refractivity contribution in [2.75, 3.05) is 18.5 Å². The summed E-state index contributed by atoms with van der Waals surface area (Å²) in [6.07, 6.45) is 2.30. The third kappa shape index (κ3) is 4.87. The fraction of sp³-hybridized carbons (Fsp3) is 0.240. The number of aryl methyl sites for hydroxylation is 1. The number of ether oxygens (including phenoxy) is 1. The number of hydrogen-bond acceptors (Lipinski definition) is 5. The molecule has 2 heterocycles. The van der Waals surface area contributed by atoms with E-state index >= 15 is 0 Å². The van der Waals surface area contributed by atoms with E-state index in [-0.39, 0.29) is 12.5 Å². The molecule has 0 radical (unpaired) electrons. The number of halogens is 2. The highest BCUT2D eigenvalue weighted by molar-refractivity contribution is 6.38. The zero-order chi connectivity index (χ0) is 24.2. The average molecular weight is 498 g/mol. The molecule has 0 saturated heterocycles. The van der Waals surface area contributed by atoms with Gasteiger partial charge in [0.05, 0.1) is 22.8 Å². The summed E-state index contributed by atoms with van der Waals surface area (Å²) in [6.45, 7) is 1.89. The largest absolute Gasteiger partial charge is 0.483 e. The van der Waals surface area contributed by atoms with E-state index in [2.05, 4.69) is 15.0 Å². The van der Waals surface area contributed by atoms with Crippen LogP contribution in [-0.4, -0.2) is 34.5 Å². The van der Waals surface area contributed by atoms with Crippen LogP contribution in [0.15, 0.2) is 54.7 Å². The summed E-state index contributed by atoms with van der Waals surface area (Å²) in [6, 6.07) is 14.8. The van der Waals surface area contributed by atoms with E-state index in [9.17, 15) is 4.79 Å². The van der Waals surface area contributed by atoms with Crippen molar-refractivity contribution in [2.24, 2.45) is 5.73 Å². The predicted molar refractivity (Wildman–Crippen MR) is 136 cm³/mol. The lowest BCUT2D eigenvalue weighted by molar-refractivity contribution is -0.117. The topological polar surface area (TPSA) is 97.1 Å². The second-order valence-electron chi connectivity index (χ2n) is 7.77. The molecule has 1 unspecified atom stereocenters. The number of nitrogens with two attached hydrogens (primary N) is 1. The van der Waals surface area contributed by atoms with Gasteiger partial charge < -0.3 is 20.4 Å². The minimum Gasteiger partial charge on any atom is -0.483 e. The Hall–Kier alpha value is -3.13. The van der Waals surface area contributed by atoms with Gasteiger partial charge >= 0.3 is 0 Å². The number of H-pyrrole nitrogens is 1. The second kappa shape index (κ2) is 10.4. The molecule has 34 heavy (non-hydrogen) atoms.